The Hall–Kier alpha value is -2.20. The van der Waals surface area contributed by atoms with Gasteiger partial charge in [0.2, 0.25) is 0 Å². The first-order valence-corrected chi connectivity index (χ1v) is 7.55. The molecule has 1 aromatic heterocycles. The van der Waals surface area contributed by atoms with Gasteiger partial charge in [-0.1, -0.05) is 30.3 Å². The average molecular weight is 296 g/mol. The van der Waals surface area contributed by atoms with Crippen LogP contribution < -0.4 is 0 Å². The minimum absolute atomic E-state index is 0.0298. The Bertz CT molecular complexity index is 670. The lowest BCUT2D eigenvalue weighted by molar-refractivity contribution is -0.00276. The molecular formula is C18H20N2O2. The molecular weight excluding hydrogens is 276 g/mol. The van der Waals surface area contributed by atoms with E-state index in [2.05, 4.69) is 4.98 Å². The SMILES string of the molecule is Cc1ccc(C(=O)N2CCOCC2c2ccccc2)c(C)n1. The van der Waals surface area contributed by atoms with E-state index in [1.165, 1.54) is 0 Å². The van der Waals surface area contributed by atoms with Crippen LogP contribution in [0.4, 0.5) is 0 Å². The molecule has 1 amide bonds. The number of morpholine rings is 1. The van der Waals surface area contributed by atoms with E-state index in [0.29, 0.717) is 25.3 Å². The maximum absolute atomic E-state index is 12.9. The highest BCUT2D eigenvalue weighted by Crippen LogP contribution is 2.26. The van der Waals surface area contributed by atoms with Crippen LogP contribution in [-0.2, 0) is 4.74 Å². The molecule has 0 saturated carbocycles. The zero-order chi connectivity index (χ0) is 15.5. The van der Waals surface area contributed by atoms with Crippen LogP contribution in [0.3, 0.4) is 0 Å². The molecule has 0 spiro atoms. The maximum atomic E-state index is 12.9. The van der Waals surface area contributed by atoms with Gasteiger partial charge >= 0.3 is 0 Å². The Morgan fingerprint density at radius 2 is 1.95 bits per heavy atom. The van der Waals surface area contributed by atoms with Gasteiger partial charge in [-0.3, -0.25) is 9.78 Å². The van der Waals surface area contributed by atoms with Gasteiger partial charge in [-0.25, -0.2) is 0 Å². The molecule has 114 valence electrons. The third-order valence-corrected chi connectivity index (χ3v) is 4.03. The molecule has 1 aromatic carbocycles. The van der Waals surface area contributed by atoms with Gasteiger partial charge in [0.1, 0.15) is 0 Å². The van der Waals surface area contributed by atoms with Gasteiger partial charge in [0.25, 0.3) is 5.91 Å². The van der Waals surface area contributed by atoms with E-state index in [-0.39, 0.29) is 11.9 Å². The molecule has 4 nitrogen and oxygen atoms in total. The summed E-state index contributed by atoms with van der Waals surface area (Å²) in [7, 11) is 0. The highest BCUT2D eigenvalue weighted by molar-refractivity contribution is 5.95. The van der Waals surface area contributed by atoms with Crippen LogP contribution in [0.25, 0.3) is 0 Å². The molecule has 1 atom stereocenters. The van der Waals surface area contributed by atoms with E-state index < -0.39 is 0 Å². The van der Waals surface area contributed by atoms with Crippen LogP contribution >= 0.6 is 0 Å². The van der Waals surface area contributed by atoms with Gasteiger partial charge in [0.15, 0.2) is 0 Å². The standard InChI is InChI=1S/C18H20N2O2/c1-13-8-9-16(14(2)19-13)18(21)20-10-11-22-12-17(20)15-6-4-3-5-7-15/h3-9,17H,10-12H2,1-2H3. The number of hydrogen-bond acceptors (Lipinski definition) is 3. The Morgan fingerprint density at radius 3 is 2.68 bits per heavy atom. The summed E-state index contributed by atoms with van der Waals surface area (Å²) in [6.45, 7) is 5.54. The van der Waals surface area contributed by atoms with Crippen LogP contribution in [0.2, 0.25) is 0 Å². The summed E-state index contributed by atoms with van der Waals surface area (Å²) in [6.07, 6.45) is 0. The average Bonchev–Trinajstić information content (AvgIpc) is 2.55. The summed E-state index contributed by atoms with van der Waals surface area (Å²) in [5.41, 5.74) is 3.49. The summed E-state index contributed by atoms with van der Waals surface area (Å²) in [5, 5.41) is 0. The van der Waals surface area contributed by atoms with Crippen molar-refractivity contribution in [2.24, 2.45) is 0 Å². The highest BCUT2D eigenvalue weighted by atomic mass is 16.5. The number of carbonyl (C=O) groups is 1. The lowest BCUT2D eigenvalue weighted by Gasteiger charge is -2.36. The number of carbonyl (C=O) groups excluding carboxylic acids is 1. The fraction of sp³-hybridized carbons (Fsp3) is 0.333. The first-order chi connectivity index (χ1) is 10.7. The number of pyridine rings is 1. The number of amides is 1. The van der Waals surface area contributed by atoms with Crippen molar-refractivity contribution in [3.05, 3.63) is 65.0 Å². The molecule has 1 unspecified atom stereocenters. The number of aryl methyl sites for hydroxylation is 2. The van der Waals surface area contributed by atoms with Gasteiger partial charge in [-0.05, 0) is 31.5 Å². The molecule has 0 aliphatic carbocycles. The Labute approximate surface area is 130 Å². The van der Waals surface area contributed by atoms with E-state index in [0.717, 1.165) is 17.0 Å². The molecule has 1 saturated heterocycles. The number of aromatic nitrogens is 1. The monoisotopic (exact) mass is 296 g/mol. The number of nitrogens with zero attached hydrogens (tertiary/aromatic N) is 2. The van der Waals surface area contributed by atoms with Gasteiger partial charge in [-0.2, -0.15) is 0 Å². The van der Waals surface area contributed by atoms with Crippen LogP contribution in [0.15, 0.2) is 42.5 Å². The lowest BCUT2D eigenvalue weighted by Crippen LogP contribution is -2.43. The molecule has 4 heteroatoms. The predicted octanol–water partition coefficient (Wildman–Crippen LogP) is 2.91. The normalized spacial score (nSPS) is 18.3. The summed E-state index contributed by atoms with van der Waals surface area (Å²) < 4.78 is 5.59. The van der Waals surface area contributed by atoms with Crippen molar-refractivity contribution in [2.75, 3.05) is 19.8 Å². The predicted molar refractivity (Wildman–Crippen MR) is 84.7 cm³/mol. The second-order valence-electron chi connectivity index (χ2n) is 5.59. The third-order valence-electron chi connectivity index (χ3n) is 4.03. The maximum Gasteiger partial charge on any atom is 0.256 e. The second kappa shape index (κ2) is 6.28. The molecule has 0 N–H and O–H groups in total. The van der Waals surface area contributed by atoms with E-state index >= 15 is 0 Å². The first-order valence-electron chi connectivity index (χ1n) is 7.55. The van der Waals surface area contributed by atoms with E-state index in [4.69, 9.17) is 4.74 Å². The van der Waals surface area contributed by atoms with Gasteiger partial charge in [0, 0.05) is 12.2 Å². The Morgan fingerprint density at radius 1 is 1.18 bits per heavy atom. The fourth-order valence-electron chi connectivity index (χ4n) is 2.87. The number of ether oxygens (including phenoxy) is 1. The van der Waals surface area contributed by atoms with Crippen molar-refractivity contribution in [3.63, 3.8) is 0 Å². The summed E-state index contributed by atoms with van der Waals surface area (Å²) in [6, 6.07) is 13.8. The Balaban J connectivity index is 1.92. The van der Waals surface area contributed by atoms with E-state index in [1.54, 1.807) is 0 Å². The van der Waals surface area contributed by atoms with Gasteiger partial charge < -0.3 is 9.64 Å². The van der Waals surface area contributed by atoms with Crippen LogP contribution in [0.5, 0.6) is 0 Å². The largest absolute Gasteiger partial charge is 0.377 e. The lowest BCUT2D eigenvalue weighted by atomic mass is 10.0. The minimum atomic E-state index is -0.0387. The fourth-order valence-corrected chi connectivity index (χ4v) is 2.87. The van der Waals surface area contributed by atoms with Crippen molar-refractivity contribution in [3.8, 4) is 0 Å². The van der Waals surface area contributed by atoms with E-state index in [9.17, 15) is 4.79 Å². The number of benzene rings is 1. The molecule has 0 bridgehead atoms. The van der Waals surface area contributed by atoms with Crippen molar-refractivity contribution < 1.29 is 9.53 Å². The summed E-state index contributed by atoms with van der Waals surface area (Å²) in [4.78, 5) is 19.3. The smallest absolute Gasteiger partial charge is 0.256 e. The zero-order valence-electron chi connectivity index (χ0n) is 13.0. The quantitative estimate of drug-likeness (QED) is 0.855. The first kappa shape index (κ1) is 14.7. The second-order valence-corrected chi connectivity index (χ2v) is 5.59. The third kappa shape index (κ3) is 2.88. The number of rotatable bonds is 2. The molecule has 22 heavy (non-hydrogen) atoms. The molecule has 2 heterocycles. The van der Waals surface area contributed by atoms with Crippen LogP contribution in [0.1, 0.15) is 33.4 Å². The molecule has 3 rings (SSSR count). The van der Waals surface area contributed by atoms with Crippen LogP contribution in [-0.4, -0.2) is 35.5 Å². The molecule has 2 aromatic rings. The topological polar surface area (TPSA) is 42.4 Å². The highest BCUT2D eigenvalue weighted by Gasteiger charge is 2.30. The zero-order valence-corrected chi connectivity index (χ0v) is 13.0. The van der Waals surface area contributed by atoms with E-state index in [1.807, 2.05) is 61.2 Å². The van der Waals surface area contributed by atoms with Crippen molar-refractivity contribution in [1.29, 1.82) is 0 Å². The molecule has 1 fully saturated rings. The molecule has 1 aliphatic rings. The van der Waals surface area contributed by atoms with Gasteiger partial charge in [0.05, 0.1) is 30.5 Å². The van der Waals surface area contributed by atoms with Gasteiger partial charge in [-0.15, -0.1) is 0 Å². The summed E-state index contributed by atoms with van der Waals surface area (Å²) >= 11 is 0. The van der Waals surface area contributed by atoms with Crippen molar-refractivity contribution in [1.82, 2.24) is 9.88 Å². The minimum Gasteiger partial charge on any atom is -0.377 e. The number of hydrogen-bond donors (Lipinski definition) is 0. The van der Waals surface area contributed by atoms with Crippen molar-refractivity contribution in [2.45, 2.75) is 19.9 Å². The van der Waals surface area contributed by atoms with Crippen LogP contribution in [0, 0.1) is 13.8 Å². The molecule has 1 aliphatic heterocycles. The molecule has 0 radical (unpaired) electrons. The summed E-state index contributed by atoms with van der Waals surface area (Å²) in [5.74, 6) is 0.0298. The van der Waals surface area contributed by atoms with Crippen molar-refractivity contribution >= 4 is 5.91 Å². The Kier molecular flexibility index (Phi) is 4.20.